The Bertz CT molecular complexity index is 1490. The van der Waals surface area contributed by atoms with E-state index < -0.39 is 0 Å². The summed E-state index contributed by atoms with van der Waals surface area (Å²) in [6, 6.07) is 18.9. The maximum absolute atomic E-state index is 12.5. The Morgan fingerprint density at radius 1 is 0.969 bits per heavy atom. The monoisotopic (exact) mass is 424 g/mol. The lowest BCUT2D eigenvalue weighted by molar-refractivity contribution is 0.631. The zero-order valence-electron chi connectivity index (χ0n) is 18.9. The minimum absolute atomic E-state index is 0.106. The summed E-state index contributed by atoms with van der Waals surface area (Å²) in [7, 11) is 0. The smallest absolute Gasteiger partial charge is 0.270 e. The lowest BCUT2D eigenvalue weighted by Crippen LogP contribution is -2.17. The quantitative estimate of drug-likeness (QED) is 0.359. The Hall–Kier alpha value is -3.47. The first-order valence-electron chi connectivity index (χ1n) is 11.5. The fraction of sp³-hybridized carbons (Fsp3) is 0.296. The molecule has 0 spiro atoms. The van der Waals surface area contributed by atoms with Crippen LogP contribution in [0.1, 0.15) is 39.3 Å². The van der Waals surface area contributed by atoms with Gasteiger partial charge in [-0.3, -0.25) is 4.79 Å². The number of aromatic amines is 1. The second kappa shape index (κ2) is 8.23. The van der Waals surface area contributed by atoms with Crippen LogP contribution in [0.4, 0.5) is 0 Å². The van der Waals surface area contributed by atoms with E-state index in [4.69, 9.17) is 9.97 Å². The molecule has 0 saturated heterocycles. The number of unbranched alkanes of at least 4 members (excludes halogenated alkanes) is 1. The molecule has 32 heavy (non-hydrogen) atoms. The first-order valence-corrected chi connectivity index (χ1v) is 11.5. The molecule has 0 atom stereocenters. The third-order valence-corrected chi connectivity index (χ3v) is 5.98. The summed E-state index contributed by atoms with van der Waals surface area (Å²) >= 11 is 0. The number of rotatable bonds is 6. The van der Waals surface area contributed by atoms with Crippen LogP contribution in [0.25, 0.3) is 44.2 Å². The SMILES string of the molecule is CCCCn1c(-c2ccc3ccccc3c2)nc2cc3[nH]c(=O)c(CC(C)C)nc3cc21. The fourth-order valence-electron chi connectivity index (χ4n) is 4.36. The summed E-state index contributed by atoms with van der Waals surface area (Å²) in [6.45, 7) is 7.30. The van der Waals surface area contributed by atoms with Crippen LogP contribution in [0.5, 0.6) is 0 Å². The summed E-state index contributed by atoms with van der Waals surface area (Å²) < 4.78 is 2.30. The van der Waals surface area contributed by atoms with Gasteiger partial charge in [-0.2, -0.15) is 0 Å². The Kier molecular flexibility index (Phi) is 5.25. The molecule has 0 aliphatic carbocycles. The maximum Gasteiger partial charge on any atom is 0.270 e. The van der Waals surface area contributed by atoms with Gasteiger partial charge in [-0.15, -0.1) is 0 Å². The lowest BCUT2D eigenvalue weighted by atomic mass is 10.1. The largest absolute Gasteiger partial charge is 0.324 e. The van der Waals surface area contributed by atoms with Crippen molar-refractivity contribution in [2.75, 3.05) is 0 Å². The number of hydrogen-bond acceptors (Lipinski definition) is 3. The number of imidazole rings is 1. The van der Waals surface area contributed by atoms with Crippen LogP contribution in [0, 0.1) is 5.92 Å². The van der Waals surface area contributed by atoms with Crippen LogP contribution in [-0.4, -0.2) is 19.5 Å². The van der Waals surface area contributed by atoms with E-state index in [1.54, 1.807) is 0 Å². The molecule has 2 heterocycles. The number of fused-ring (bicyclic) bond motifs is 3. The number of nitrogens with zero attached hydrogens (tertiary/aromatic N) is 3. The summed E-state index contributed by atoms with van der Waals surface area (Å²) in [6.07, 6.45) is 2.84. The molecule has 0 radical (unpaired) electrons. The molecule has 0 bridgehead atoms. The summed E-state index contributed by atoms with van der Waals surface area (Å²) in [4.78, 5) is 25.3. The molecule has 5 rings (SSSR count). The molecule has 5 aromatic rings. The molecular weight excluding hydrogens is 396 g/mol. The number of aromatic nitrogens is 4. The van der Waals surface area contributed by atoms with Gasteiger partial charge in [0.1, 0.15) is 11.5 Å². The number of H-pyrrole nitrogens is 1. The molecule has 2 aromatic heterocycles. The lowest BCUT2D eigenvalue weighted by Gasteiger charge is -2.10. The van der Waals surface area contributed by atoms with Gasteiger partial charge in [0, 0.05) is 12.1 Å². The van der Waals surface area contributed by atoms with Crippen molar-refractivity contribution in [3.05, 3.63) is 70.6 Å². The number of nitrogens with one attached hydrogen (secondary N) is 1. The number of aryl methyl sites for hydroxylation is 1. The minimum Gasteiger partial charge on any atom is -0.324 e. The molecular formula is C27H28N4O. The second-order valence-electron chi connectivity index (χ2n) is 8.97. The first kappa shape index (κ1) is 20.4. The van der Waals surface area contributed by atoms with Gasteiger partial charge >= 0.3 is 0 Å². The van der Waals surface area contributed by atoms with Crippen LogP contribution in [-0.2, 0) is 13.0 Å². The highest BCUT2D eigenvalue weighted by Gasteiger charge is 2.16. The molecule has 0 unspecified atom stereocenters. The van der Waals surface area contributed by atoms with E-state index in [0.29, 0.717) is 18.0 Å². The topological polar surface area (TPSA) is 63.6 Å². The minimum atomic E-state index is -0.106. The van der Waals surface area contributed by atoms with E-state index in [0.717, 1.165) is 52.8 Å². The molecule has 0 aliphatic heterocycles. The predicted molar refractivity (Wildman–Crippen MR) is 132 cm³/mol. The van der Waals surface area contributed by atoms with Gasteiger partial charge in [-0.05, 0) is 47.7 Å². The van der Waals surface area contributed by atoms with Crippen LogP contribution in [0.15, 0.2) is 59.4 Å². The Balaban J connectivity index is 1.72. The Morgan fingerprint density at radius 3 is 2.56 bits per heavy atom. The van der Waals surface area contributed by atoms with Crippen LogP contribution in [0.3, 0.4) is 0 Å². The zero-order valence-corrected chi connectivity index (χ0v) is 18.9. The van der Waals surface area contributed by atoms with Gasteiger partial charge in [-0.1, -0.05) is 63.6 Å². The molecule has 0 fully saturated rings. The van der Waals surface area contributed by atoms with Crippen molar-refractivity contribution < 1.29 is 0 Å². The standard InChI is InChI=1S/C27H28N4O/c1-4-5-12-31-25-16-22-21(30-27(32)24(28-22)13-17(2)3)15-23(25)29-26(31)20-11-10-18-8-6-7-9-19(18)14-20/h6-11,14-17H,4-5,12-13H2,1-3H3,(H,30,32). The molecule has 1 N–H and O–H groups in total. The number of hydrogen-bond donors (Lipinski definition) is 1. The first-order chi connectivity index (χ1) is 15.5. The van der Waals surface area contributed by atoms with Gasteiger partial charge in [0.25, 0.3) is 5.56 Å². The van der Waals surface area contributed by atoms with E-state index >= 15 is 0 Å². The molecule has 0 amide bonds. The van der Waals surface area contributed by atoms with Crippen molar-refractivity contribution in [1.29, 1.82) is 0 Å². The second-order valence-corrected chi connectivity index (χ2v) is 8.97. The van der Waals surface area contributed by atoms with Crippen molar-refractivity contribution >= 4 is 32.8 Å². The van der Waals surface area contributed by atoms with Crippen LogP contribution < -0.4 is 5.56 Å². The van der Waals surface area contributed by atoms with Crippen LogP contribution in [0.2, 0.25) is 0 Å². The third kappa shape index (κ3) is 3.68. The molecule has 5 nitrogen and oxygen atoms in total. The van der Waals surface area contributed by atoms with Crippen molar-refractivity contribution in [2.45, 2.75) is 46.6 Å². The van der Waals surface area contributed by atoms with Crippen molar-refractivity contribution in [2.24, 2.45) is 5.92 Å². The summed E-state index contributed by atoms with van der Waals surface area (Å²) in [5.41, 5.74) is 5.08. The van der Waals surface area contributed by atoms with E-state index in [1.165, 1.54) is 10.8 Å². The van der Waals surface area contributed by atoms with Gasteiger partial charge in [-0.25, -0.2) is 9.97 Å². The van der Waals surface area contributed by atoms with Gasteiger partial charge < -0.3 is 9.55 Å². The van der Waals surface area contributed by atoms with E-state index in [9.17, 15) is 4.79 Å². The average Bonchev–Trinajstić information content (AvgIpc) is 3.13. The van der Waals surface area contributed by atoms with Crippen LogP contribution >= 0.6 is 0 Å². The average molecular weight is 425 g/mol. The zero-order chi connectivity index (χ0) is 22.2. The van der Waals surface area contributed by atoms with E-state index in [1.807, 2.05) is 6.07 Å². The van der Waals surface area contributed by atoms with Crippen molar-refractivity contribution in [3.8, 4) is 11.4 Å². The van der Waals surface area contributed by atoms with E-state index in [2.05, 4.69) is 78.9 Å². The van der Waals surface area contributed by atoms with Gasteiger partial charge in [0.2, 0.25) is 0 Å². The van der Waals surface area contributed by atoms with Gasteiger partial charge in [0.15, 0.2) is 0 Å². The molecule has 0 saturated carbocycles. The highest BCUT2D eigenvalue weighted by atomic mass is 16.1. The normalized spacial score (nSPS) is 11.9. The number of benzene rings is 3. The third-order valence-electron chi connectivity index (χ3n) is 5.98. The highest BCUT2D eigenvalue weighted by molar-refractivity contribution is 5.94. The molecule has 3 aromatic carbocycles. The molecule has 5 heteroatoms. The Morgan fingerprint density at radius 2 is 1.78 bits per heavy atom. The fourth-order valence-corrected chi connectivity index (χ4v) is 4.36. The van der Waals surface area contributed by atoms with Crippen molar-refractivity contribution in [3.63, 3.8) is 0 Å². The van der Waals surface area contributed by atoms with Crippen molar-refractivity contribution in [1.82, 2.24) is 19.5 Å². The highest BCUT2D eigenvalue weighted by Crippen LogP contribution is 2.30. The Labute approximate surface area is 187 Å². The van der Waals surface area contributed by atoms with Gasteiger partial charge in [0.05, 0.1) is 22.1 Å². The summed E-state index contributed by atoms with van der Waals surface area (Å²) in [5, 5.41) is 2.42. The molecule has 162 valence electrons. The predicted octanol–water partition coefficient (Wildman–Crippen LogP) is 6.09. The summed E-state index contributed by atoms with van der Waals surface area (Å²) in [5.74, 6) is 1.33. The van der Waals surface area contributed by atoms with E-state index in [-0.39, 0.29) is 5.56 Å². The molecule has 0 aliphatic rings. The maximum atomic E-state index is 12.5.